The number of amides is 1. The molecule has 0 radical (unpaired) electrons. The van der Waals surface area contributed by atoms with E-state index in [9.17, 15) is 14.7 Å². The molecule has 0 spiro atoms. The van der Waals surface area contributed by atoms with Crippen molar-refractivity contribution >= 4 is 45.5 Å². The molecule has 1 heterocycles. The van der Waals surface area contributed by atoms with Crippen LogP contribution in [0.5, 0.6) is 5.75 Å². The lowest BCUT2D eigenvalue weighted by Gasteiger charge is -2.27. The molecule has 6 heteroatoms. The molecule has 0 bridgehead atoms. The van der Waals surface area contributed by atoms with Gasteiger partial charge in [0.2, 0.25) is 0 Å². The van der Waals surface area contributed by atoms with Gasteiger partial charge in [-0.05, 0) is 53.1 Å². The number of anilines is 1. The zero-order chi connectivity index (χ0) is 27.9. The average Bonchev–Trinajstić information content (AvgIpc) is 3.19. The summed E-state index contributed by atoms with van der Waals surface area (Å²) in [4.78, 5) is 28.9. The number of carbonyl (C=O) groups is 2. The molecule has 1 fully saturated rings. The zero-order valence-corrected chi connectivity index (χ0v) is 23.1. The normalized spacial score (nSPS) is 17.2. The number of ketones is 1. The quantitative estimate of drug-likeness (QED) is 0.159. The van der Waals surface area contributed by atoms with Crippen molar-refractivity contribution in [3.8, 4) is 5.75 Å². The fourth-order valence-corrected chi connectivity index (χ4v) is 5.22. The third kappa shape index (κ3) is 4.79. The van der Waals surface area contributed by atoms with E-state index in [2.05, 4.69) is 20.8 Å². The van der Waals surface area contributed by atoms with Gasteiger partial charge >= 0.3 is 0 Å². The number of benzene rings is 4. The lowest BCUT2D eigenvalue weighted by Crippen LogP contribution is -2.29. The number of Topliss-reactive ketones (excluding diaryl/α,β-unsaturated/α-hetero) is 1. The summed E-state index contributed by atoms with van der Waals surface area (Å²) >= 11 is 6.27. The Labute approximate surface area is 233 Å². The van der Waals surface area contributed by atoms with Crippen LogP contribution in [-0.4, -0.2) is 23.4 Å². The van der Waals surface area contributed by atoms with E-state index >= 15 is 0 Å². The number of rotatable bonds is 5. The predicted molar refractivity (Wildman–Crippen MR) is 156 cm³/mol. The highest BCUT2D eigenvalue weighted by molar-refractivity contribution is 6.52. The summed E-state index contributed by atoms with van der Waals surface area (Å²) in [6.45, 7) is 8.59. The molecule has 5 rings (SSSR count). The van der Waals surface area contributed by atoms with Crippen molar-refractivity contribution < 1.29 is 19.4 Å². The van der Waals surface area contributed by atoms with Crippen LogP contribution < -0.4 is 9.64 Å². The van der Waals surface area contributed by atoms with E-state index in [1.54, 1.807) is 18.2 Å². The molecule has 4 aromatic rings. The number of hydrogen-bond acceptors (Lipinski definition) is 4. The van der Waals surface area contributed by atoms with Crippen molar-refractivity contribution in [2.24, 2.45) is 0 Å². The van der Waals surface area contributed by atoms with E-state index in [-0.39, 0.29) is 16.7 Å². The number of halogens is 1. The molecule has 39 heavy (non-hydrogen) atoms. The van der Waals surface area contributed by atoms with Crippen LogP contribution in [0.25, 0.3) is 16.5 Å². The molecule has 1 amide bonds. The van der Waals surface area contributed by atoms with Crippen molar-refractivity contribution in [2.45, 2.75) is 39.2 Å². The highest BCUT2D eigenvalue weighted by atomic mass is 35.5. The molecule has 1 N–H and O–H groups in total. The smallest absolute Gasteiger partial charge is 0.300 e. The molecule has 1 atom stereocenters. The van der Waals surface area contributed by atoms with E-state index in [4.69, 9.17) is 16.3 Å². The average molecular weight is 540 g/mol. The van der Waals surface area contributed by atoms with Crippen LogP contribution in [0.3, 0.4) is 0 Å². The van der Waals surface area contributed by atoms with Crippen LogP contribution in [-0.2, 0) is 15.0 Å². The third-order valence-corrected chi connectivity index (χ3v) is 7.38. The first-order chi connectivity index (χ1) is 18.6. The van der Waals surface area contributed by atoms with Gasteiger partial charge in [-0.1, -0.05) is 93.0 Å². The fraction of sp³-hybridized carbons (Fsp3) is 0.212. The van der Waals surface area contributed by atoms with Gasteiger partial charge < -0.3 is 9.84 Å². The minimum absolute atomic E-state index is 0.0150. The van der Waals surface area contributed by atoms with Gasteiger partial charge in [0.1, 0.15) is 11.5 Å². The molecule has 5 nitrogen and oxygen atoms in total. The summed E-state index contributed by atoms with van der Waals surface area (Å²) in [5, 5.41) is 13.7. The van der Waals surface area contributed by atoms with Gasteiger partial charge in [-0.25, -0.2) is 0 Å². The first-order valence-electron chi connectivity index (χ1n) is 12.9. The molecular weight excluding hydrogens is 510 g/mol. The standard InChI is InChI=1S/C33H30ClNO4/c1-5-39-27-19-22(15-18-25(27)34)30(36)28-29(21-13-16-23(17-14-21)33(2,3)4)35(32(38)31(28)37)26-12-8-10-20-9-6-7-11-24(20)26/h6-19,29,36H,5H2,1-4H3/b30-28+. The van der Waals surface area contributed by atoms with Crippen LogP contribution in [0.2, 0.25) is 5.02 Å². The van der Waals surface area contributed by atoms with E-state index < -0.39 is 17.7 Å². The van der Waals surface area contributed by atoms with Gasteiger partial charge in [0, 0.05) is 10.9 Å². The largest absolute Gasteiger partial charge is 0.507 e. The number of ether oxygens (including phenoxy) is 1. The van der Waals surface area contributed by atoms with Gasteiger partial charge in [0.05, 0.1) is 28.9 Å². The Kier molecular flexibility index (Phi) is 6.96. The maximum atomic E-state index is 13.7. The Morgan fingerprint density at radius 1 is 0.949 bits per heavy atom. The third-order valence-electron chi connectivity index (χ3n) is 7.07. The minimum Gasteiger partial charge on any atom is -0.507 e. The van der Waals surface area contributed by atoms with Crippen LogP contribution in [0.15, 0.2) is 90.5 Å². The number of hydrogen-bond donors (Lipinski definition) is 1. The molecule has 1 saturated heterocycles. The van der Waals surface area contributed by atoms with E-state index in [1.165, 1.54) is 4.90 Å². The van der Waals surface area contributed by atoms with Crippen LogP contribution in [0.4, 0.5) is 5.69 Å². The second kappa shape index (κ2) is 10.2. The van der Waals surface area contributed by atoms with Gasteiger partial charge in [0.25, 0.3) is 11.7 Å². The molecule has 1 aliphatic heterocycles. The molecule has 0 aromatic heterocycles. The Morgan fingerprint density at radius 2 is 1.64 bits per heavy atom. The molecule has 1 aliphatic rings. The van der Waals surface area contributed by atoms with E-state index in [1.807, 2.05) is 73.7 Å². The Balaban J connectivity index is 1.75. The number of aliphatic hydroxyl groups excluding tert-OH is 1. The van der Waals surface area contributed by atoms with Gasteiger partial charge in [0.15, 0.2) is 0 Å². The zero-order valence-electron chi connectivity index (χ0n) is 22.4. The second-order valence-corrected chi connectivity index (χ2v) is 11.0. The number of nitrogens with zero attached hydrogens (tertiary/aromatic N) is 1. The van der Waals surface area contributed by atoms with Gasteiger partial charge in [-0.2, -0.15) is 0 Å². The number of aliphatic hydroxyl groups is 1. The fourth-order valence-electron chi connectivity index (χ4n) is 5.05. The highest BCUT2D eigenvalue weighted by Gasteiger charge is 2.47. The minimum atomic E-state index is -0.837. The molecule has 1 unspecified atom stereocenters. The maximum absolute atomic E-state index is 13.7. The monoisotopic (exact) mass is 539 g/mol. The summed E-state index contributed by atoms with van der Waals surface area (Å²) < 4.78 is 5.61. The second-order valence-electron chi connectivity index (χ2n) is 10.6. The SMILES string of the molecule is CCOc1cc(/C(O)=C2\C(=O)C(=O)N(c3cccc4ccccc34)C2c2ccc(C(C)(C)C)cc2)ccc1Cl. The van der Waals surface area contributed by atoms with Crippen molar-refractivity contribution in [3.63, 3.8) is 0 Å². The topological polar surface area (TPSA) is 66.8 Å². The summed E-state index contributed by atoms with van der Waals surface area (Å²) in [5.41, 5.74) is 2.72. The van der Waals surface area contributed by atoms with Crippen LogP contribution in [0.1, 0.15) is 50.4 Å². The highest BCUT2D eigenvalue weighted by Crippen LogP contribution is 2.45. The van der Waals surface area contributed by atoms with Crippen LogP contribution >= 0.6 is 11.6 Å². The van der Waals surface area contributed by atoms with Crippen LogP contribution in [0, 0.1) is 0 Å². The lowest BCUT2D eigenvalue weighted by molar-refractivity contribution is -0.132. The first kappa shape index (κ1) is 26.5. The summed E-state index contributed by atoms with van der Waals surface area (Å²) in [5.74, 6) is -1.34. The van der Waals surface area contributed by atoms with Gasteiger partial charge in [-0.3, -0.25) is 14.5 Å². The summed E-state index contributed by atoms with van der Waals surface area (Å²) in [6.07, 6.45) is 0. The molecular formula is C33H30ClNO4. The summed E-state index contributed by atoms with van der Waals surface area (Å²) in [7, 11) is 0. The number of fused-ring (bicyclic) bond motifs is 1. The van der Waals surface area contributed by atoms with E-state index in [0.717, 1.165) is 21.9 Å². The van der Waals surface area contributed by atoms with Crippen molar-refractivity contribution in [1.82, 2.24) is 0 Å². The van der Waals surface area contributed by atoms with Gasteiger partial charge in [-0.15, -0.1) is 0 Å². The number of carbonyl (C=O) groups excluding carboxylic acids is 2. The molecule has 198 valence electrons. The first-order valence-corrected chi connectivity index (χ1v) is 13.3. The van der Waals surface area contributed by atoms with Crippen molar-refractivity contribution in [3.05, 3.63) is 112 Å². The Bertz CT molecular complexity index is 1610. The van der Waals surface area contributed by atoms with Crippen molar-refractivity contribution in [2.75, 3.05) is 11.5 Å². The Morgan fingerprint density at radius 3 is 2.33 bits per heavy atom. The Hall–Kier alpha value is -4.09. The molecule has 4 aromatic carbocycles. The molecule has 0 aliphatic carbocycles. The predicted octanol–water partition coefficient (Wildman–Crippen LogP) is 7.82. The van der Waals surface area contributed by atoms with Crippen molar-refractivity contribution in [1.29, 1.82) is 0 Å². The maximum Gasteiger partial charge on any atom is 0.300 e. The van der Waals surface area contributed by atoms with E-state index in [0.29, 0.717) is 28.6 Å². The lowest BCUT2D eigenvalue weighted by atomic mass is 9.85. The summed E-state index contributed by atoms with van der Waals surface area (Å²) in [6, 6.07) is 25.2. The molecule has 0 saturated carbocycles.